The molecule has 0 spiro atoms. The van der Waals surface area contributed by atoms with E-state index in [1.165, 1.54) is 18.7 Å². The Kier molecular flexibility index (Phi) is 10.4. The van der Waals surface area contributed by atoms with Gasteiger partial charge in [0.05, 0.1) is 18.0 Å². The number of aromatic nitrogens is 2. The molecule has 0 N–H and O–H groups in total. The van der Waals surface area contributed by atoms with E-state index in [1.54, 1.807) is 7.11 Å². The molecule has 0 fully saturated rings. The van der Waals surface area contributed by atoms with Crippen LogP contribution < -0.4 is 0 Å². The lowest BCUT2D eigenvalue weighted by atomic mass is 10.2. The Bertz CT molecular complexity index is 347. The first kappa shape index (κ1) is 19.1. The van der Waals surface area contributed by atoms with Crippen LogP contribution in [-0.2, 0) is 24.4 Å². The second-order valence-electron chi connectivity index (χ2n) is 4.70. The van der Waals surface area contributed by atoms with Crippen LogP contribution in [0.15, 0.2) is 6.07 Å². The fourth-order valence-electron chi connectivity index (χ4n) is 2.21. The van der Waals surface area contributed by atoms with E-state index in [4.69, 9.17) is 4.74 Å². The van der Waals surface area contributed by atoms with E-state index >= 15 is 0 Å². The standard InChI is InChI=1S/C12H21N3O.2C2H6/c1-10(2)14-5-4-6-15-12(8-14)7-11(13-15)9-16-3;2*1-2/h7,10H,4-6,8-9H2,1-3H3;2*1-2H3. The van der Waals surface area contributed by atoms with E-state index in [0.717, 1.165) is 18.8 Å². The monoisotopic (exact) mass is 283 g/mol. The molecular weight excluding hydrogens is 250 g/mol. The third-order valence-electron chi connectivity index (χ3n) is 3.12. The van der Waals surface area contributed by atoms with Gasteiger partial charge in [0.15, 0.2) is 0 Å². The molecule has 20 heavy (non-hydrogen) atoms. The number of methoxy groups -OCH3 is 1. The van der Waals surface area contributed by atoms with Crippen LogP contribution in [0.25, 0.3) is 0 Å². The number of nitrogens with zero attached hydrogens (tertiary/aromatic N) is 3. The lowest BCUT2D eigenvalue weighted by molar-refractivity contribution is 0.180. The zero-order valence-corrected chi connectivity index (χ0v) is 14.4. The normalized spacial score (nSPS) is 14.6. The van der Waals surface area contributed by atoms with Crippen molar-refractivity contribution in [3.8, 4) is 0 Å². The third kappa shape index (κ3) is 5.63. The van der Waals surface area contributed by atoms with Crippen molar-refractivity contribution >= 4 is 0 Å². The highest BCUT2D eigenvalue weighted by Gasteiger charge is 2.18. The van der Waals surface area contributed by atoms with E-state index in [9.17, 15) is 0 Å². The largest absolute Gasteiger partial charge is 0.378 e. The molecule has 0 bridgehead atoms. The van der Waals surface area contributed by atoms with Crippen LogP contribution in [0.5, 0.6) is 0 Å². The quantitative estimate of drug-likeness (QED) is 0.847. The van der Waals surface area contributed by atoms with Crippen molar-refractivity contribution in [2.24, 2.45) is 0 Å². The van der Waals surface area contributed by atoms with Crippen molar-refractivity contribution in [3.63, 3.8) is 0 Å². The van der Waals surface area contributed by atoms with Crippen LogP contribution >= 0.6 is 0 Å². The third-order valence-corrected chi connectivity index (χ3v) is 3.12. The molecule has 0 atom stereocenters. The van der Waals surface area contributed by atoms with Gasteiger partial charge in [-0.2, -0.15) is 5.10 Å². The Morgan fingerprint density at radius 1 is 1.20 bits per heavy atom. The smallest absolute Gasteiger partial charge is 0.0902 e. The summed E-state index contributed by atoms with van der Waals surface area (Å²) < 4.78 is 7.26. The maximum Gasteiger partial charge on any atom is 0.0902 e. The SMILES string of the molecule is CC.CC.COCc1cc2n(n1)CCCN(C(C)C)C2. The predicted octanol–water partition coefficient (Wildman–Crippen LogP) is 3.70. The minimum absolute atomic E-state index is 0.604. The van der Waals surface area contributed by atoms with Crippen molar-refractivity contribution in [3.05, 3.63) is 17.5 Å². The van der Waals surface area contributed by atoms with Crippen molar-refractivity contribution in [1.29, 1.82) is 0 Å². The van der Waals surface area contributed by atoms with Gasteiger partial charge in [0.2, 0.25) is 0 Å². The Hall–Kier alpha value is -0.870. The number of fused-ring (bicyclic) bond motifs is 1. The molecule has 1 aromatic heterocycles. The maximum atomic E-state index is 5.12. The van der Waals surface area contributed by atoms with Gasteiger partial charge < -0.3 is 4.74 Å². The van der Waals surface area contributed by atoms with Gasteiger partial charge in [0.25, 0.3) is 0 Å². The summed E-state index contributed by atoms with van der Waals surface area (Å²) in [5.74, 6) is 0. The first-order chi connectivity index (χ1) is 9.70. The first-order valence-corrected chi connectivity index (χ1v) is 7.99. The van der Waals surface area contributed by atoms with Gasteiger partial charge in [-0.1, -0.05) is 27.7 Å². The highest BCUT2D eigenvalue weighted by atomic mass is 16.5. The van der Waals surface area contributed by atoms with Crippen LogP contribution in [0.1, 0.15) is 59.4 Å². The highest BCUT2D eigenvalue weighted by molar-refractivity contribution is 5.10. The van der Waals surface area contributed by atoms with E-state index in [1.807, 2.05) is 27.7 Å². The van der Waals surface area contributed by atoms with E-state index in [0.29, 0.717) is 12.6 Å². The molecule has 4 heteroatoms. The summed E-state index contributed by atoms with van der Waals surface area (Å²) in [5.41, 5.74) is 2.36. The summed E-state index contributed by atoms with van der Waals surface area (Å²) in [6, 6.07) is 2.77. The van der Waals surface area contributed by atoms with E-state index in [-0.39, 0.29) is 0 Å². The molecular formula is C16H33N3O. The van der Waals surface area contributed by atoms with E-state index in [2.05, 4.69) is 34.6 Å². The number of ether oxygens (including phenoxy) is 1. The molecule has 4 nitrogen and oxygen atoms in total. The van der Waals surface area contributed by atoms with Crippen LogP contribution in [-0.4, -0.2) is 34.4 Å². The van der Waals surface area contributed by atoms with E-state index < -0.39 is 0 Å². The minimum atomic E-state index is 0.604. The average molecular weight is 283 g/mol. The van der Waals surface area contributed by atoms with Crippen molar-refractivity contribution < 1.29 is 4.74 Å². The number of aryl methyl sites for hydroxylation is 1. The molecule has 2 heterocycles. The van der Waals surface area contributed by atoms with Crippen molar-refractivity contribution in [2.45, 2.75) is 73.7 Å². The van der Waals surface area contributed by atoms with Crippen LogP contribution in [0.4, 0.5) is 0 Å². The fourth-order valence-corrected chi connectivity index (χ4v) is 2.21. The summed E-state index contributed by atoms with van der Waals surface area (Å²) in [4.78, 5) is 2.50. The average Bonchev–Trinajstić information content (AvgIpc) is 2.73. The van der Waals surface area contributed by atoms with Gasteiger partial charge in [0.1, 0.15) is 0 Å². The summed E-state index contributed by atoms with van der Waals surface area (Å²) in [6.45, 7) is 16.3. The Labute approximate surface area is 125 Å². The van der Waals surface area contributed by atoms with Crippen LogP contribution in [0, 0.1) is 0 Å². The lowest BCUT2D eigenvalue weighted by Crippen LogP contribution is -2.30. The van der Waals surface area contributed by atoms with Gasteiger partial charge >= 0.3 is 0 Å². The Morgan fingerprint density at radius 3 is 2.40 bits per heavy atom. The second kappa shape index (κ2) is 10.9. The molecule has 2 rings (SSSR count). The molecule has 0 aliphatic carbocycles. The fraction of sp³-hybridized carbons (Fsp3) is 0.812. The number of hydrogen-bond acceptors (Lipinski definition) is 3. The summed E-state index contributed by atoms with van der Waals surface area (Å²) >= 11 is 0. The Morgan fingerprint density at radius 2 is 1.85 bits per heavy atom. The molecule has 1 aromatic rings. The molecule has 0 radical (unpaired) electrons. The molecule has 1 aliphatic rings. The zero-order valence-electron chi connectivity index (χ0n) is 14.4. The highest BCUT2D eigenvalue weighted by Crippen LogP contribution is 2.16. The molecule has 0 saturated carbocycles. The second-order valence-corrected chi connectivity index (χ2v) is 4.70. The first-order valence-electron chi connectivity index (χ1n) is 7.99. The van der Waals surface area contributed by atoms with Crippen LogP contribution in [0.2, 0.25) is 0 Å². The van der Waals surface area contributed by atoms with Gasteiger partial charge in [-0.15, -0.1) is 0 Å². The summed E-state index contributed by atoms with van der Waals surface area (Å²) in [6.07, 6.45) is 1.18. The zero-order chi connectivity index (χ0) is 15.5. The Balaban J connectivity index is 0.000000829. The molecule has 1 aliphatic heterocycles. The molecule has 0 unspecified atom stereocenters. The number of rotatable bonds is 3. The minimum Gasteiger partial charge on any atom is -0.378 e. The molecule has 0 aromatic carbocycles. The van der Waals surface area contributed by atoms with Gasteiger partial charge in [0, 0.05) is 32.8 Å². The lowest BCUT2D eigenvalue weighted by Gasteiger charge is -2.23. The summed E-state index contributed by atoms with van der Waals surface area (Å²) in [7, 11) is 1.71. The number of hydrogen-bond donors (Lipinski definition) is 0. The van der Waals surface area contributed by atoms with Crippen molar-refractivity contribution in [2.75, 3.05) is 13.7 Å². The van der Waals surface area contributed by atoms with Crippen LogP contribution in [0.3, 0.4) is 0 Å². The molecule has 118 valence electrons. The van der Waals surface area contributed by atoms with Crippen molar-refractivity contribution in [1.82, 2.24) is 14.7 Å². The maximum absolute atomic E-state index is 5.12. The van der Waals surface area contributed by atoms with Gasteiger partial charge in [-0.25, -0.2) is 0 Å². The molecule has 0 amide bonds. The topological polar surface area (TPSA) is 30.3 Å². The summed E-state index contributed by atoms with van der Waals surface area (Å²) in [5, 5.41) is 4.56. The van der Waals surface area contributed by atoms with Gasteiger partial charge in [-0.3, -0.25) is 9.58 Å². The molecule has 0 saturated heterocycles. The van der Waals surface area contributed by atoms with Gasteiger partial charge in [-0.05, 0) is 26.3 Å². The predicted molar refractivity (Wildman–Crippen MR) is 85.8 cm³/mol.